The van der Waals surface area contributed by atoms with Crippen molar-refractivity contribution in [1.29, 1.82) is 0 Å². The van der Waals surface area contributed by atoms with Gasteiger partial charge in [-0.15, -0.1) is 0 Å². The molecule has 3 heterocycles. The lowest BCUT2D eigenvalue weighted by molar-refractivity contribution is 0.0921. The van der Waals surface area contributed by atoms with Crippen LogP contribution in [0.3, 0.4) is 0 Å². The smallest absolute Gasteiger partial charge is 0.319 e. The SMILES string of the molecule is CCNc1nc(-c2ccc(NC(=O)NCc3cccnc3)cc2)ccc1C(=O)NC(C)C1CCNCC1. The van der Waals surface area contributed by atoms with Crippen molar-refractivity contribution >= 4 is 23.4 Å². The van der Waals surface area contributed by atoms with Gasteiger partial charge in [0.05, 0.1) is 11.3 Å². The third-order valence-corrected chi connectivity index (χ3v) is 6.55. The molecule has 9 heteroatoms. The number of urea groups is 1. The fourth-order valence-corrected chi connectivity index (χ4v) is 4.44. The van der Waals surface area contributed by atoms with E-state index in [2.05, 4.69) is 38.5 Å². The number of carbonyl (C=O) groups excluding carboxylic acids is 2. The second kappa shape index (κ2) is 12.8. The number of amides is 3. The third kappa shape index (κ3) is 7.27. The Morgan fingerprint density at radius 1 is 1.08 bits per heavy atom. The highest BCUT2D eigenvalue weighted by Gasteiger charge is 2.23. The van der Waals surface area contributed by atoms with E-state index in [1.807, 2.05) is 55.5 Å². The molecule has 3 amide bonds. The molecule has 2 aromatic heterocycles. The van der Waals surface area contributed by atoms with Crippen molar-refractivity contribution in [1.82, 2.24) is 25.9 Å². The van der Waals surface area contributed by atoms with Gasteiger partial charge in [-0.25, -0.2) is 9.78 Å². The van der Waals surface area contributed by atoms with Crippen LogP contribution in [0.5, 0.6) is 0 Å². The van der Waals surface area contributed by atoms with E-state index in [4.69, 9.17) is 4.98 Å². The van der Waals surface area contributed by atoms with Crippen LogP contribution in [0.4, 0.5) is 16.3 Å². The topological polar surface area (TPSA) is 120 Å². The number of anilines is 2. The third-order valence-electron chi connectivity index (χ3n) is 6.55. The van der Waals surface area contributed by atoms with E-state index in [-0.39, 0.29) is 18.0 Å². The number of benzene rings is 1. The van der Waals surface area contributed by atoms with Gasteiger partial charge in [0.15, 0.2) is 0 Å². The van der Waals surface area contributed by atoms with E-state index in [1.165, 1.54) is 0 Å². The highest BCUT2D eigenvalue weighted by molar-refractivity contribution is 5.99. The number of carbonyl (C=O) groups is 2. The Bertz CT molecular complexity index is 1180. The van der Waals surface area contributed by atoms with Gasteiger partial charge in [-0.2, -0.15) is 0 Å². The summed E-state index contributed by atoms with van der Waals surface area (Å²) in [5.41, 5.74) is 3.76. The molecule has 0 bridgehead atoms. The number of hydrogen-bond donors (Lipinski definition) is 5. The Morgan fingerprint density at radius 2 is 1.86 bits per heavy atom. The fraction of sp³-hybridized carbons (Fsp3) is 0.357. The summed E-state index contributed by atoms with van der Waals surface area (Å²) in [6.45, 7) is 7.09. The van der Waals surface area contributed by atoms with Gasteiger partial charge in [-0.1, -0.05) is 18.2 Å². The highest BCUT2D eigenvalue weighted by Crippen LogP contribution is 2.24. The second-order valence-electron chi connectivity index (χ2n) is 9.22. The largest absolute Gasteiger partial charge is 0.370 e. The molecule has 1 fully saturated rings. The molecule has 0 spiro atoms. The van der Waals surface area contributed by atoms with Crippen LogP contribution >= 0.6 is 0 Å². The van der Waals surface area contributed by atoms with Crippen molar-refractivity contribution < 1.29 is 9.59 Å². The summed E-state index contributed by atoms with van der Waals surface area (Å²) in [6, 6.07) is 14.7. The number of rotatable bonds is 9. The maximum absolute atomic E-state index is 13.1. The molecule has 0 aliphatic carbocycles. The summed E-state index contributed by atoms with van der Waals surface area (Å²) >= 11 is 0. The van der Waals surface area contributed by atoms with E-state index < -0.39 is 0 Å². The van der Waals surface area contributed by atoms with Crippen molar-refractivity contribution in [2.45, 2.75) is 39.3 Å². The molecule has 4 rings (SSSR count). The fourth-order valence-electron chi connectivity index (χ4n) is 4.44. The zero-order valence-corrected chi connectivity index (χ0v) is 21.4. The summed E-state index contributed by atoms with van der Waals surface area (Å²) in [5.74, 6) is 0.925. The Hall–Kier alpha value is -3.98. The van der Waals surface area contributed by atoms with Crippen LogP contribution in [-0.4, -0.2) is 47.6 Å². The molecule has 37 heavy (non-hydrogen) atoms. The van der Waals surface area contributed by atoms with Gasteiger partial charge < -0.3 is 26.6 Å². The number of nitrogens with one attached hydrogen (secondary N) is 5. The Balaban J connectivity index is 1.39. The van der Waals surface area contributed by atoms with Gasteiger partial charge in [-0.05, 0) is 81.6 Å². The van der Waals surface area contributed by atoms with Crippen LogP contribution in [0, 0.1) is 5.92 Å². The van der Waals surface area contributed by atoms with E-state index in [0.717, 1.165) is 42.8 Å². The lowest BCUT2D eigenvalue weighted by atomic mass is 9.91. The summed E-state index contributed by atoms with van der Waals surface area (Å²) in [5, 5.41) is 15.4. The molecule has 0 radical (unpaired) electrons. The molecule has 1 unspecified atom stereocenters. The number of piperidine rings is 1. The van der Waals surface area contributed by atoms with Gasteiger partial charge in [0.2, 0.25) is 0 Å². The van der Waals surface area contributed by atoms with E-state index >= 15 is 0 Å². The first kappa shape index (κ1) is 26.1. The first-order valence-electron chi connectivity index (χ1n) is 12.8. The molecular weight excluding hydrogens is 466 g/mol. The molecule has 1 aromatic carbocycles. The minimum absolute atomic E-state index is 0.102. The van der Waals surface area contributed by atoms with Gasteiger partial charge in [0.1, 0.15) is 5.82 Å². The standard InChI is InChI=1S/C28H35N7O2/c1-3-31-26-24(27(36)33-19(2)21-12-15-29-16-13-21)10-11-25(35-26)22-6-8-23(9-7-22)34-28(37)32-18-20-5-4-14-30-17-20/h4-11,14,17,19,21,29H,3,12-13,15-16,18H2,1-2H3,(H,31,35)(H,33,36)(H2,32,34,37). The van der Waals surface area contributed by atoms with Gasteiger partial charge in [-0.3, -0.25) is 9.78 Å². The van der Waals surface area contributed by atoms with Gasteiger partial charge in [0.25, 0.3) is 5.91 Å². The molecule has 1 atom stereocenters. The summed E-state index contributed by atoms with van der Waals surface area (Å²) in [4.78, 5) is 34.1. The predicted octanol–water partition coefficient (Wildman–Crippen LogP) is 4.02. The summed E-state index contributed by atoms with van der Waals surface area (Å²) in [7, 11) is 0. The normalized spacial score (nSPS) is 14.4. The molecule has 194 valence electrons. The van der Waals surface area contributed by atoms with Crippen LogP contribution in [0.2, 0.25) is 0 Å². The van der Waals surface area contributed by atoms with Crippen LogP contribution in [0.1, 0.15) is 42.6 Å². The number of nitrogens with zero attached hydrogens (tertiary/aromatic N) is 2. The highest BCUT2D eigenvalue weighted by atomic mass is 16.2. The van der Waals surface area contributed by atoms with Gasteiger partial charge in [0, 0.05) is 42.8 Å². The molecule has 9 nitrogen and oxygen atoms in total. The minimum Gasteiger partial charge on any atom is -0.370 e. The van der Waals surface area contributed by atoms with Crippen molar-refractivity contribution in [3.63, 3.8) is 0 Å². The Morgan fingerprint density at radius 3 is 2.57 bits per heavy atom. The first-order valence-corrected chi connectivity index (χ1v) is 12.8. The van der Waals surface area contributed by atoms with Crippen molar-refractivity contribution in [3.05, 3.63) is 72.1 Å². The van der Waals surface area contributed by atoms with Crippen molar-refractivity contribution in [3.8, 4) is 11.3 Å². The lowest BCUT2D eigenvalue weighted by Gasteiger charge is -2.29. The number of hydrogen-bond acceptors (Lipinski definition) is 6. The molecule has 5 N–H and O–H groups in total. The summed E-state index contributed by atoms with van der Waals surface area (Å²) < 4.78 is 0. The number of pyridine rings is 2. The van der Waals surface area contributed by atoms with Crippen molar-refractivity contribution in [2.75, 3.05) is 30.3 Å². The zero-order valence-electron chi connectivity index (χ0n) is 21.4. The average molecular weight is 502 g/mol. The zero-order chi connectivity index (χ0) is 26.0. The Kier molecular flexibility index (Phi) is 9.04. The maximum atomic E-state index is 13.1. The average Bonchev–Trinajstić information content (AvgIpc) is 2.93. The minimum atomic E-state index is -0.293. The molecule has 1 aliphatic heterocycles. The quantitative estimate of drug-likeness (QED) is 0.302. The molecular formula is C28H35N7O2. The van der Waals surface area contributed by atoms with E-state index in [9.17, 15) is 9.59 Å². The molecule has 1 aliphatic rings. The van der Waals surface area contributed by atoms with Crippen LogP contribution in [0.15, 0.2) is 60.9 Å². The van der Waals surface area contributed by atoms with Crippen LogP contribution in [-0.2, 0) is 6.54 Å². The van der Waals surface area contributed by atoms with Crippen LogP contribution < -0.4 is 26.6 Å². The monoisotopic (exact) mass is 501 g/mol. The van der Waals surface area contributed by atoms with E-state index in [0.29, 0.717) is 36.1 Å². The predicted molar refractivity (Wildman–Crippen MR) is 146 cm³/mol. The summed E-state index contributed by atoms with van der Waals surface area (Å²) in [6.07, 6.45) is 5.54. The first-order chi connectivity index (χ1) is 18.0. The lowest BCUT2D eigenvalue weighted by Crippen LogP contribution is -2.42. The Labute approximate surface area is 217 Å². The van der Waals surface area contributed by atoms with Crippen LogP contribution in [0.25, 0.3) is 11.3 Å². The molecule has 1 saturated heterocycles. The van der Waals surface area contributed by atoms with Gasteiger partial charge >= 0.3 is 6.03 Å². The molecule has 3 aromatic rings. The number of aromatic nitrogens is 2. The molecule has 0 saturated carbocycles. The maximum Gasteiger partial charge on any atom is 0.319 e. The van der Waals surface area contributed by atoms with Crippen molar-refractivity contribution in [2.24, 2.45) is 5.92 Å². The second-order valence-corrected chi connectivity index (χ2v) is 9.22. The van der Waals surface area contributed by atoms with E-state index in [1.54, 1.807) is 12.4 Å².